The third-order valence-electron chi connectivity index (χ3n) is 8.67. The smallest absolute Gasteiger partial charge is 0.0622 e. The molecule has 23 heavy (non-hydrogen) atoms. The first-order valence-corrected chi connectivity index (χ1v) is 10.3. The Morgan fingerprint density at radius 1 is 0.957 bits per heavy atom. The molecule has 0 aromatic carbocycles. The van der Waals surface area contributed by atoms with Crippen LogP contribution in [-0.4, -0.2) is 10.7 Å². The minimum Gasteiger partial charge on any atom is -0.390 e. The fourth-order valence-corrected chi connectivity index (χ4v) is 7.64. The van der Waals surface area contributed by atoms with Crippen LogP contribution in [-0.2, 0) is 0 Å². The maximum atomic E-state index is 10.6. The molecule has 4 fully saturated rings. The molecule has 4 saturated carbocycles. The van der Waals surface area contributed by atoms with E-state index in [9.17, 15) is 5.11 Å². The molecule has 0 spiro atoms. The topological polar surface area (TPSA) is 20.2 Å². The lowest BCUT2D eigenvalue weighted by atomic mass is 9.51. The van der Waals surface area contributed by atoms with Crippen LogP contribution in [0.2, 0.25) is 0 Å². The average Bonchev–Trinajstić information content (AvgIpc) is 2.75. The molecule has 0 bridgehead atoms. The van der Waals surface area contributed by atoms with Crippen molar-refractivity contribution in [3.05, 3.63) is 11.6 Å². The number of fused-ring (bicyclic) bond motifs is 5. The summed E-state index contributed by atoms with van der Waals surface area (Å²) in [5.74, 6) is 4.63. The van der Waals surface area contributed by atoms with Crippen LogP contribution in [0.5, 0.6) is 0 Å². The van der Waals surface area contributed by atoms with Crippen LogP contribution < -0.4 is 0 Å². The molecule has 0 heterocycles. The predicted octanol–water partition coefficient (Wildman–Crippen LogP) is 5.73. The number of allylic oxidation sites excluding steroid dienone is 2. The second-order valence-corrected chi connectivity index (χ2v) is 9.84. The van der Waals surface area contributed by atoms with Gasteiger partial charge in [-0.15, -0.1) is 0 Å². The normalized spacial score (nSPS) is 55.0. The van der Waals surface area contributed by atoms with E-state index < -0.39 is 0 Å². The first-order valence-electron chi connectivity index (χ1n) is 10.3. The van der Waals surface area contributed by atoms with Crippen LogP contribution in [0.1, 0.15) is 85.0 Å². The Kier molecular flexibility index (Phi) is 3.95. The molecular formula is C22H36O. The SMILES string of the molecule is C/C=C1/CC[C@H]2[C@@H]3CC[C@@H]4C[C@](C)(O)CCC[C@@H]4[C@H]3CC[C@]12C. The molecule has 0 unspecified atom stereocenters. The van der Waals surface area contributed by atoms with E-state index in [0.717, 1.165) is 42.4 Å². The van der Waals surface area contributed by atoms with Crippen molar-refractivity contribution in [2.24, 2.45) is 35.0 Å². The second-order valence-electron chi connectivity index (χ2n) is 9.84. The van der Waals surface area contributed by atoms with E-state index in [1.54, 1.807) is 5.57 Å². The first kappa shape index (κ1) is 16.2. The van der Waals surface area contributed by atoms with Crippen molar-refractivity contribution in [3.63, 3.8) is 0 Å². The molecular weight excluding hydrogens is 280 g/mol. The summed E-state index contributed by atoms with van der Waals surface area (Å²) in [5.41, 5.74) is 1.91. The summed E-state index contributed by atoms with van der Waals surface area (Å²) in [4.78, 5) is 0. The molecule has 4 rings (SSSR count). The summed E-state index contributed by atoms with van der Waals surface area (Å²) in [7, 11) is 0. The van der Waals surface area contributed by atoms with Crippen LogP contribution in [0, 0.1) is 35.0 Å². The summed E-state index contributed by atoms with van der Waals surface area (Å²) in [6.45, 7) is 6.94. The van der Waals surface area contributed by atoms with Gasteiger partial charge in [0.15, 0.2) is 0 Å². The van der Waals surface area contributed by atoms with Gasteiger partial charge in [-0.1, -0.05) is 25.0 Å². The van der Waals surface area contributed by atoms with Gasteiger partial charge in [0, 0.05) is 0 Å². The maximum absolute atomic E-state index is 10.6. The van der Waals surface area contributed by atoms with E-state index in [1.165, 1.54) is 51.4 Å². The highest BCUT2D eigenvalue weighted by Gasteiger charge is 2.55. The quantitative estimate of drug-likeness (QED) is 0.566. The van der Waals surface area contributed by atoms with Crippen LogP contribution >= 0.6 is 0 Å². The third-order valence-corrected chi connectivity index (χ3v) is 8.67. The van der Waals surface area contributed by atoms with Crippen molar-refractivity contribution in [2.45, 2.75) is 90.6 Å². The Labute approximate surface area is 142 Å². The largest absolute Gasteiger partial charge is 0.390 e. The van der Waals surface area contributed by atoms with Gasteiger partial charge in [0.25, 0.3) is 0 Å². The Balaban J connectivity index is 1.58. The molecule has 0 aliphatic heterocycles. The molecule has 0 amide bonds. The van der Waals surface area contributed by atoms with Crippen molar-refractivity contribution in [1.29, 1.82) is 0 Å². The van der Waals surface area contributed by atoms with Gasteiger partial charge in [0.05, 0.1) is 5.60 Å². The fraction of sp³-hybridized carbons (Fsp3) is 0.909. The van der Waals surface area contributed by atoms with E-state index in [4.69, 9.17) is 0 Å². The lowest BCUT2D eigenvalue weighted by Gasteiger charge is -2.54. The van der Waals surface area contributed by atoms with Crippen molar-refractivity contribution in [1.82, 2.24) is 0 Å². The zero-order valence-corrected chi connectivity index (χ0v) is 15.5. The highest BCUT2D eigenvalue weighted by molar-refractivity contribution is 5.23. The zero-order valence-electron chi connectivity index (χ0n) is 15.5. The van der Waals surface area contributed by atoms with Gasteiger partial charge >= 0.3 is 0 Å². The van der Waals surface area contributed by atoms with Gasteiger partial charge < -0.3 is 5.11 Å². The van der Waals surface area contributed by atoms with Crippen molar-refractivity contribution < 1.29 is 5.11 Å². The molecule has 0 saturated heterocycles. The van der Waals surface area contributed by atoms with Gasteiger partial charge in [0.1, 0.15) is 0 Å². The van der Waals surface area contributed by atoms with Crippen molar-refractivity contribution in [3.8, 4) is 0 Å². The average molecular weight is 317 g/mol. The Hall–Kier alpha value is -0.300. The fourth-order valence-electron chi connectivity index (χ4n) is 7.64. The minimum atomic E-state index is -0.388. The van der Waals surface area contributed by atoms with Gasteiger partial charge in [-0.25, -0.2) is 0 Å². The van der Waals surface area contributed by atoms with Gasteiger partial charge in [-0.2, -0.15) is 0 Å². The molecule has 7 atom stereocenters. The number of rotatable bonds is 0. The molecule has 0 aromatic rings. The standard InChI is InChI=1S/C22H36O/c1-4-16-8-10-20-19-9-7-15-14-21(2,23)12-5-6-17(15)18(19)11-13-22(16,20)3/h4,15,17-20,23H,5-14H2,1-3H3/b16-4-/t15-,17+,18-,19-,20+,21-,22-/m1/s1. The van der Waals surface area contributed by atoms with Crippen LogP contribution in [0.15, 0.2) is 11.6 Å². The third kappa shape index (κ3) is 2.53. The van der Waals surface area contributed by atoms with E-state index >= 15 is 0 Å². The summed E-state index contributed by atoms with van der Waals surface area (Å²) in [6, 6.07) is 0. The van der Waals surface area contributed by atoms with Crippen LogP contribution in [0.3, 0.4) is 0 Å². The highest BCUT2D eigenvalue weighted by atomic mass is 16.3. The molecule has 0 aromatic heterocycles. The number of hydrogen-bond donors (Lipinski definition) is 1. The molecule has 1 nitrogen and oxygen atoms in total. The Bertz CT molecular complexity index is 490. The Morgan fingerprint density at radius 3 is 2.57 bits per heavy atom. The van der Waals surface area contributed by atoms with E-state index in [1.807, 2.05) is 0 Å². The molecule has 1 N–H and O–H groups in total. The first-order chi connectivity index (χ1) is 10.9. The van der Waals surface area contributed by atoms with Crippen molar-refractivity contribution in [2.75, 3.05) is 0 Å². The van der Waals surface area contributed by atoms with Crippen molar-refractivity contribution >= 4 is 0 Å². The number of hydrogen-bond acceptors (Lipinski definition) is 1. The van der Waals surface area contributed by atoms with Crippen LogP contribution in [0.25, 0.3) is 0 Å². The van der Waals surface area contributed by atoms with Gasteiger partial charge in [-0.05, 0) is 107 Å². The summed E-state index contributed by atoms with van der Waals surface area (Å²) < 4.78 is 0. The second kappa shape index (κ2) is 5.61. The molecule has 0 radical (unpaired) electrons. The van der Waals surface area contributed by atoms with E-state index in [-0.39, 0.29) is 5.60 Å². The zero-order chi connectivity index (χ0) is 16.2. The highest BCUT2D eigenvalue weighted by Crippen LogP contribution is 2.64. The lowest BCUT2D eigenvalue weighted by Crippen LogP contribution is -2.46. The molecule has 1 heteroatoms. The monoisotopic (exact) mass is 316 g/mol. The molecule has 130 valence electrons. The summed E-state index contributed by atoms with van der Waals surface area (Å²) >= 11 is 0. The summed E-state index contributed by atoms with van der Waals surface area (Å²) in [6.07, 6.45) is 15.7. The number of aliphatic hydroxyl groups is 1. The molecule has 4 aliphatic carbocycles. The minimum absolute atomic E-state index is 0.388. The lowest BCUT2D eigenvalue weighted by molar-refractivity contribution is -0.0441. The van der Waals surface area contributed by atoms with Gasteiger partial charge in [-0.3, -0.25) is 0 Å². The van der Waals surface area contributed by atoms with Crippen LogP contribution in [0.4, 0.5) is 0 Å². The summed E-state index contributed by atoms with van der Waals surface area (Å²) in [5, 5.41) is 10.6. The predicted molar refractivity (Wildman–Crippen MR) is 96.1 cm³/mol. The van der Waals surface area contributed by atoms with E-state index in [2.05, 4.69) is 26.8 Å². The Morgan fingerprint density at radius 2 is 1.78 bits per heavy atom. The van der Waals surface area contributed by atoms with Gasteiger partial charge in [0.2, 0.25) is 0 Å². The van der Waals surface area contributed by atoms with E-state index in [0.29, 0.717) is 5.41 Å². The molecule has 4 aliphatic rings. The maximum Gasteiger partial charge on any atom is 0.0622 e.